The van der Waals surface area contributed by atoms with Crippen molar-refractivity contribution in [2.75, 3.05) is 12.4 Å². The first kappa shape index (κ1) is 14.5. The summed E-state index contributed by atoms with van der Waals surface area (Å²) >= 11 is 0. The molecule has 0 radical (unpaired) electrons. The summed E-state index contributed by atoms with van der Waals surface area (Å²) in [5.41, 5.74) is 2.79. The lowest BCUT2D eigenvalue weighted by Gasteiger charge is -2.10. The maximum Gasteiger partial charge on any atom is 0.339 e. The Morgan fingerprint density at radius 1 is 1.33 bits per heavy atom. The number of aromatic nitrogens is 6. The zero-order chi connectivity index (χ0) is 16.5. The second-order valence-electron chi connectivity index (χ2n) is 5.60. The first-order chi connectivity index (χ1) is 11.7. The molecule has 24 heavy (non-hydrogen) atoms. The Bertz CT molecular complexity index is 904. The molecule has 3 heterocycles. The minimum Gasteiger partial charge on any atom is -0.465 e. The zero-order valence-electron chi connectivity index (χ0n) is 13.0. The summed E-state index contributed by atoms with van der Waals surface area (Å²) in [5.74, 6) is 0.658. The number of tetrazole rings is 1. The Hall–Kier alpha value is -3.10. The number of nitrogens with zero attached hydrogens (tertiary/aromatic N) is 6. The highest BCUT2D eigenvalue weighted by molar-refractivity contribution is 5.90. The van der Waals surface area contributed by atoms with Crippen molar-refractivity contribution in [2.45, 2.75) is 25.3 Å². The van der Waals surface area contributed by atoms with Crippen LogP contribution in [0.25, 0.3) is 5.65 Å². The molecule has 1 saturated carbocycles. The van der Waals surface area contributed by atoms with Crippen LogP contribution >= 0.6 is 0 Å². The molecule has 0 aliphatic heterocycles. The molecule has 3 aromatic heterocycles. The molecule has 1 aliphatic rings. The van der Waals surface area contributed by atoms with Crippen molar-refractivity contribution in [3.8, 4) is 0 Å². The standard InChI is InChI=1S/C15H15N7O2/c1-24-15(23)11-5-4-10(17-14(11)9-2-3-9)8-16-12-6-7-13-18-20-21-22(13)19-12/h4-7,9H,2-3,8H2,1H3,(H,16,19). The number of fused-ring (bicyclic) bond motifs is 1. The Labute approximate surface area is 137 Å². The summed E-state index contributed by atoms with van der Waals surface area (Å²) in [6.45, 7) is 0.488. The van der Waals surface area contributed by atoms with E-state index in [1.807, 2.05) is 6.07 Å². The number of hydrogen-bond acceptors (Lipinski definition) is 8. The molecule has 4 rings (SSSR count). The van der Waals surface area contributed by atoms with E-state index in [2.05, 4.69) is 30.9 Å². The summed E-state index contributed by atoms with van der Waals surface area (Å²) in [7, 11) is 1.38. The van der Waals surface area contributed by atoms with Gasteiger partial charge in [-0.3, -0.25) is 4.98 Å². The van der Waals surface area contributed by atoms with Crippen molar-refractivity contribution in [1.82, 2.24) is 30.2 Å². The number of hydrogen-bond donors (Lipinski definition) is 1. The van der Waals surface area contributed by atoms with E-state index >= 15 is 0 Å². The van der Waals surface area contributed by atoms with E-state index in [1.54, 1.807) is 18.2 Å². The molecule has 1 N–H and O–H groups in total. The fraction of sp³-hybridized carbons (Fsp3) is 0.333. The van der Waals surface area contributed by atoms with E-state index in [1.165, 1.54) is 11.7 Å². The summed E-state index contributed by atoms with van der Waals surface area (Å²) in [5, 5.41) is 18.5. The third-order valence-electron chi connectivity index (χ3n) is 3.87. The van der Waals surface area contributed by atoms with Gasteiger partial charge in [0.25, 0.3) is 0 Å². The highest BCUT2D eigenvalue weighted by Gasteiger charge is 2.30. The number of carbonyl (C=O) groups excluding carboxylic acids is 1. The van der Waals surface area contributed by atoms with Crippen molar-refractivity contribution < 1.29 is 9.53 Å². The second kappa shape index (κ2) is 5.84. The molecule has 0 bridgehead atoms. The zero-order valence-corrected chi connectivity index (χ0v) is 13.0. The van der Waals surface area contributed by atoms with Gasteiger partial charge in [-0.25, -0.2) is 4.79 Å². The summed E-state index contributed by atoms with van der Waals surface area (Å²) in [4.78, 5) is 16.5. The minimum absolute atomic E-state index is 0.338. The van der Waals surface area contributed by atoms with Gasteiger partial charge in [-0.2, -0.15) is 0 Å². The van der Waals surface area contributed by atoms with Crippen molar-refractivity contribution >= 4 is 17.4 Å². The van der Waals surface area contributed by atoms with Crippen LogP contribution in [0.3, 0.4) is 0 Å². The van der Waals surface area contributed by atoms with Crippen LogP contribution in [0.5, 0.6) is 0 Å². The number of esters is 1. The fourth-order valence-corrected chi connectivity index (χ4v) is 2.49. The second-order valence-corrected chi connectivity index (χ2v) is 5.60. The molecule has 0 aromatic carbocycles. The molecule has 9 heteroatoms. The van der Waals surface area contributed by atoms with Crippen LogP contribution in [0.1, 0.15) is 40.5 Å². The van der Waals surface area contributed by atoms with Crippen LogP contribution in [-0.4, -0.2) is 43.3 Å². The normalized spacial score (nSPS) is 13.9. The first-order valence-electron chi connectivity index (χ1n) is 7.62. The summed E-state index contributed by atoms with van der Waals surface area (Å²) in [6, 6.07) is 7.18. The van der Waals surface area contributed by atoms with Crippen LogP contribution in [0.15, 0.2) is 24.3 Å². The largest absolute Gasteiger partial charge is 0.465 e. The van der Waals surface area contributed by atoms with Gasteiger partial charge in [-0.05, 0) is 47.5 Å². The van der Waals surface area contributed by atoms with Crippen molar-refractivity contribution in [2.24, 2.45) is 0 Å². The lowest BCUT2D eigenvalue weighted by molar-refractivity contribution is 0.0598. The topological polar surface area (TPSA) is 107 Å². The number of nitrogens with one attached hydrogen (secondary N) is 1. The van der Waals surface area contributed by atoms with E-state index in [4.69, 9.17) is 4.74 Å². The van der Waals surface area contributed by atoms with Crippen LogP contribution in [0, 0.1) is 0 Å². The number of ether oxygens (including phenoxy) is 1. The van der Waals surface area contributed by atoms with E-state index in [-0.39, 0.29) is 5.97 Å². The third-order valence-corrected chi connectivity index (χ3v) is 3.87. The Morgan fingerprint density at radius 2 is 2.21 bits per heavy atom. The van der Waals surface area contributed by atoms with Crippen molar-refractivity contribution in [1.29, 1.82) is 0 Å². The molecule has 0 unspecified atom stereocenters. The third kappa shape index (κ3) is 2.75. The smallest absolute Gasteiger partial charge is 0.339 e. The molecule has 9 nitrogen and oxygen atoms in total. The van der Waals surface area contributed by atoms with Crippen molar-refractivity contribution in [3.05, 3.63) is 41.2 Å². The van der Waals surface area contributed by atoms with Crippen molar-refractivity contribution in [3.63, 3.8) is 0 Å². The number of rotatable bonds is 5. The predicted molar refractivity (Wildman–Crippen MR) is 83.5 cm³/mol. The SMILES string of the molecule is COC(=O)c1ccc(CNc2ccc3nnnn3n2)nc1C1CC1. The van der Waals surface area contributed by atoms with Gasteiger partial charge in [0.05, 0.1) is 30.6 Å². The summed E-state index contributed by atoms with van der Waals surface area (Å²) in [6.07, 6.45) is 2.12. The minimum atomic E-state index is -0.338. The number of pyridine rings is 1. The summed E-state index contributed by atoms with van der Waals surface area (Å²) < 4.78 is 6.18. The highest BCUT2D eigenvalue weighted by atomic mass is 16.5. The quantitative estimate of drug-likeness (QED) is 0.697. The molecule has 122 valence electrons. The monoisotopic (exact) mass is 325 g/mol. The van der Waals surface area contributed by atoms with E-state index in [0.717, 1.165) is 24.2 Å². The van der Waals surface area contributed by atoms with Gasteiger partial charge in [0.2, 0.25) is 0 Å². The number of carbonyl (C=O) groups is 1. The van der Waals surface area contributed by atoms with Gasteiger partial charge in [0.1, 0.15) is 5.82 Å². The van der Waals surface area contributed by atoms with Gasteiger partial charge in [-0.15, -0.1) is 14.8 Å². The molecule has 1 aliphatic carbocycles. The average molecular weight is 325 g/mol. The lowest BCUT2D eigenvalue weighted by atomic mass is 10.1. The predicted octanol–water partition coefficient (Wildman–Crippen LogP) is 1.19. The van der Waals surface area contributed by atoms with Gasteiger partial charge in [0, 0.05) is 5.92 Å². The molecule has 0 amide bonds. The highest BCUT2D eigenvalue weighted by Crippen LogP contribution is 2.40. The molecule has 0 spiro atoms. The Balaban J connectivity index is 1.53. The van der Waals surface area contributed by atoms with E-state index < -0.39 is 0 Å². The van der Waals surface area contributed by atoms with Gasteiger partial charge < -0.3 is 10.1 Å². The lowest BCUT2D eigenvalue weighted by Crippen LogP contribution is -2.11. The fourth-order valence-electron chi connectivity index (χ4n) is 2.49. The maximum atomic E-state index is 11.8. The van der Waals surface area contributed by atoms with E-state index in [9.17, 15) is 4.79 Å². The first-order valence-corrected chi connectivity index (χ1v) is 7.62. The van der Waals surface area contributed by atoms with Gasteiger partial charge >= 0.3 is 5.97 Å². The number of methoxy groups -OCH3 is 1. The van der Waals surface area contributed by atoms with Gasteiger partial charge in [0.15, 0.2) is 5.65 Å². The van der Waals surface area contributed by atoms with Crippen LogP contribution < -0.4 is 5.32 Å². The van der Waals surface area contributed by atoms with Gasteiger partial charge in [-0.1, -0.05) is 0 Å². The molecular weight excluding hydrogens is 310 g/mol. The Morgan fingerprint density at radius 3 is 3.00 bits per heavy atom. The Kier molecular flexibility index (Phi) is 3.52. The molecular formula is C15H15N7O2. The van der Waals surface area contributed by atoms with Crippen LogP contribution in [0.4, 0.5) is 5.82 Å². The number of anilines is 1. The van der Waals surface area contributed by atoms with Crippen LogP contribution in [0.2, 0.25) is 0 Å². The molecule has 3 aromatic rings. The molecule has 0 saturated heterocycles. The molecule has 0 atom stereocenters. The molecule has 1 fully saturated rings. The average Bonchev–Trinajstić information content (AvgIpc) is 3.36. The maximum absolute atomic E-state index is 11.8. The van der Waals surface area contributed by atoms with Crippen LogP contribution in [-0.2, 0) is 11.3 Å². The van der Waals surface area contributed by atoms with E-state index in [0.29, 0.717) is 29.5 Å².